The number of hydrogen-bond acceptors (Lipinski definition) is 13. The molecule has 0 aromatic carbocycles. The van der Waals surface area contributed by atoms with E-state index >= 15 is 0 Å². The number of esters is 1. The van der Waals surface area contributed by atoms with Crippen molar-refractivity contribution in [3.05, 3.63) is 0 Å². The van der Waals surface area contributed by atoms with Crippen molar-refractivity contribution in [2.45, 2.75) is 12.8 Å². The van der Waals surface area contributed by atoms with E-state index in [1.165, 1.54) is 0 Å². The van der Waals surface area contributed by atoms with E-state index in [-0.39, 0.29) is 32.7 Å². The second-order valence-corrected chi connectivity index (χ2v) is 7.65. The maximum Gasteiger partial charge on any atom is 0.372 e. The largest absolute Gasteiger partial charge is 0.476 e. The van der Waals surface area contributed by atoms with Gasteiger partial charge < -0.3 is 52.5 Å². The maximum absolute atomic E-state index is 11.8. The standard InChI is InChI=1S/C25H45FO14/c26-3-4-31-5-6-32-7-8-33-9-10-34-11-12-35-13-14-36-15-16-37-17-18-38-19-20-39-21-22-40-24(28)2-1-23(27)25(29)30/h1-22H2,(H,29,30). The molecule has 0 saturated carbocycles. The van der Waals surface area contributed by atoms with Gasteiger partial charge in [-0.2, -0.15) is 0 Å². The molecular formula is C25H45FO14. The lowest BCUT2D eigenvalue weighted by Crippen LogP contribution is -2.17. The molecule has 0 saturated heterocycles. The average molecular weight is 589 g/mol. The van der Waals surface area contributed by atoms with Gasteiger partial charge in [-0.25, -0.2) is 9.18 Å². The van der Waals surface area contributed by atoms with E-state index in [2.05, 4.69) is 0 Å². The molecule has 0 rings (SSSR count). The van der Waals surface area contributed by atoms with Crippen molar-refractivity contribution in [1.29, 1.82) is 0 Å². The molecule has 236 valence electrons. The average Bonchev–Trinajstić information content (AvgIpc) is 2.95. The SMILES string of the molecule is O=C(CCC(=O)C(=O)O)OCCOCCOCCOCCOCCOCCOCCOCCOCCOCCF. The number of carboxylic acids is 1. The molecule has 0 fully saturated rings. The quantitative estimate of drug-likeness (QED) is 0.0623. The van der Waals surface area contributed by atoms with Gasteiger partial charge in [-0.05, 0) is 0 Å². The molecule has 0 radical (unpaired) electrons. The van der Waals surface area contributed by atoms with Gasteiger partial charge in [-0.1, -0.05) is 0 Å². The van der Waals surface area contributed by atoms with Gasteiger partial charge in [-0.3, -0.25) is 9.59 Å². The zero-order chi connectivity index (χ0) is 29.4. The van der Waals surface area contributed by atoms with Crippen LogP contribution in [-0.4, -0.2) is 155 Å². The third-order valence-corrected chi connectivity index (χ3v) is 4.48. The molecule has 0 aromatic heterocycles. The zero-order valence-corrected chi connectivity index (χ0v) is 23.2. The summed E-state index contributed by atoms with van der Waals surface area (Å²) in [6, 6.07) is 0. The number of halogens is 1. The van der Waals surface area contributed by atoms with Gasteiger partial charge >= 0.3 is 11.9 Å². The Hall–Kier alpha value is -1.82. The molecule has 0 heterocycles. The van der Waals surface area contributed by atoms with E-state index in [9.17, 15) is 18.8 Å². The Bertz CT molecular complexity index is 596. The predicted octanol–water partition coefficient (Wildman–Crippen LogP) is 0.0824. The summed E-state index contributed by atoms with van der Waals surface area (Å²) in [5.74, 6) is -3.24. The van der Waals surface area contributed by atoms with Crippen molar-refractivity contribution < 1.29 is 71.2 Å². The van der Waals surface area contributed by atoms with Crippen molar-refractivity contribution in [3.63, 3.8) is 0 Å². The third-order valence-electron chi connectivity index (χ3n) is 4.48. The van der Waals surface area contributed by atoms with Crippen molar-refractivity contribution in [2.24, 2.45) is 0 Å². The number of rotatable bonds is 33. The minimum atomic E-state index is -1.57. The molecule has 0 aromatic rings. The highest BCUT2D eigenvalue weighted by Gasteiger charge is 2.14. The van der Waals surface area contributed by atoms with Crippen LogP contribution in [0.25, 0.3) is 0 Å². The van der Waals surface area contributed by atoms with Crippen LogP contribution in [0.1, 0.15) is 12.8 Å². The Kier molecular flexibility index (Phi) is 30.3. The number of ketones is 1. The first-order valence-electron chi connectivity index (χ1n) is 13.2. The summed E-state index contributed by atoms with van der Waals surface area (Å²) in [6.45, 7) is 6.62. The second-order valence-electron chi connectivity index (χ2n) is 7.65. The molecule has 0 aliphatic carbocycles. The van der Waals surface area contributed by atoms with E-state index in [0.29, 0.717) is 106 Å². The van der Waals surface area contributed by atoms with Crippen LogP contribution in [0.4, 0.5) is 4.39 Å². The topological polar surface area (TPSA) is 164 Å². The van der Waals surface area contributed by atoms with Gasteiger partial charge in [-0.15, -0.1) is 0 Å². The summed E-state index contributed by atoms with van der Waals surface area (Å²) in [5, 5.41) is 8.42. The Labute approximate surface area is 234 Å². The molecule has 15 heteroatoms. The first-order valence-corrected chi connectivity index (χ1v) is 13.2. The van der Waals surface area contributed by atoms with Crippen LogP contribution in [0, 0.1) is 0 Å². The molecule has 0 amide bonds. The van der Waals surface area contributed by atoms with E-state index < -0.39 is 24.4 Å². The molecule has 0 aliphatic heterocycles. The summed E-state index contributed by atoms with van der Waals surface area (Å²) in [7, 11) is 0. The Morgan fingerprint density at radius 1 is 0.425 bits per heavy atom. The molecular weight excluding hydrogens is 543 g/mol. The Balaban J connectivity index is 3.12. The van der Waals surface area contributed by atoms with E-state index in [4.69, 9.17) is 52.5 Å². The number of Topliss-reactive ketones (excluding diaryl/α,β-unsaturated/α-hetero) is 1. The monoisotopic (exact) mass is 588 g/mol. The molecule has 0 atom stereocenters. The number of carboxylic acid groups (broad SMARTS) is 1. The van der Waals surface area contributed by atoms with Gasteiger partial charge in [0.15, 0.2) is 0 Å². The summed E-state index contributed by atoms with van der Waals surface area (Å²) in [4.78, 5) is 32.5. The smallest absolute Gasteiger partial charge is 0.372 e. The summed E-state index contributed by atoms with van der Waals surface area (Å²) in [5.41, 5.74) is 0. The molecule has 14 nitrogen and oxygen atoms in total. The second kappa shape index (κ2) is 31.7. The van der Waals surface area contributed by atoms with Crippen molar-refractivity contribution in [1.82, 2.24) is 0 Å². The van der Waals surface area contributed by atoms with Crippen molar-refractivity contribution in [2.75, 3.05) is 132 Å². The first-order chi connectivity index (χ1) is 19.6. The normalized spacial score (nSPS) is 11.1. The molecule has 1 N–H and O–H groups in total. The zero-order valence-electron chi connectivity index (χ0n) is 23.2. The van der Waals surface area contributed by atoms with Crippen LogP contribution >= 0.6 is 0 Å². The Morgan fingerprint density at radius 3 is 0.975 bits per heavy atom. The highest BCUT2D eigenvalue weighted by Crippen LogP contribution is 1.95. The lowest BCUT2D eigenvalue weighted by Gasteiger charge is -2.09. The van der Waals surface area contributed by atoms with Gasteiger partial charge in [0.1, 0.15) is 13.3 Å². The number of carbonyl (C=O) groups is 3. The third kappa shape index (κ3) is 30.7. The van der Waals surface area contributed by atoms with Gasteiger partial charge in [0.25, 0.3) is 0 Å². The Morgan fingerprint density at radius 2 is 0.700 bits per heavy atom. The maximum atomic E-state index is 11.8. The molecule has 0 bridgehead atoms. The highest BCUT2D eigenvalue weighted by molar-refractivity contribution is 6.32. The van der Waals surface area contributed by atoms with E-state index in [1.54, 1.807) is 0 Å². The fourth-order valence-electron chi connectivity index (χ4n) is 2.53. The molecule has 0 spiro atoms. The highest BCUT2D eigenvalue weighted by atomic mass is 19.1. The van der Waals surface area contributed by atoms with Crippen LogP contribution in [0.15, 0.2) is 0 Å². The number of ether oxygens (including phenoxy) is 10. The summed E-state index contributed by atoms with van der Waals surface area (Å²) in [6.07, 6.45) is -0.663. The molecule has 40 heavy (non-hydrogen) atoms. The summed E-state index contributed by atoms with van der Waals surface area (Å²) < 4.78 is 64.3. The number of aliphatic carboxylic acids is 1. The minimum Gasteiger partial charge on any atom is -0.476 e. The number of hydrogen-bond donors (Lipinski definition) is 1. The molecule has 0 unspecified atom stereocenters. The number of carbonyl (C=O) groups excluding carboxylic acids is 2. The predicted molar refractivity (Wildman–Crippen MR) is 136 cm³/mol. The fraction of sp³-hybridized carbons (Fsp3) is 0.880. The van der Waals surface area contributed by atoms with Crippen LogP contribution < -0.4 is 0 Å². The minimum absolute atomic E-state index is 0.0118. The fourth-order valence-corrected chi connectivity index (χ4v) is 2.53. The van der Waals surface area contributed by atoms with Crippen LogP contribution in [0.3, 0.4) is 0 Å². The van der Waals surface area contributed by atoms with Crippen molar-refractivity contribution >= 4 is 17.7 Å². The lowest BCUT2D eigenvalue weighted by atomic mass is 10.2. The van der Waals surface area contributed by atoms with Crippen molar-refractivity contribution in [3.8, 4) is 0 Å². The lowest BCUT2D eigenvalue weighted by molar-refractivity contribution is -0.151. The van der Waals surface area contributed by atoms with Gasteiger partial charge in [0, 0.05) is 6.42 Å². The molecule has 0 aliphatic rings. The van der Waals surface area contributed by atoms with Gasteiger partial charge in [0.05, 0.1) is 125 Å². The van der Waals surface area contributed by atoms with E-state index in [1.807, 2.05) is 0 Å². The van der Waals surface area contributed by atoms with E-state index in [0.717, 1.165) is 0 Å². The number of alkyl halides is 1. The summed E-state index contributed by atoms with van der Waals surface area (Å²) >= 11 is 0. The van der Waals surface area contributed by atoms with Gasteiger partial charge in [0.2, 0.25) is 5.78 Å². The van der Waals surface area contributed by atoms with Crippen LogP contribution in [-0.2, 0) is 61.8 Å². The first kappa shape index (κ1) is 38.2. The van der Waals surface area contributed by atoms with Crippen LogP contribution in [0.2, 0.25) is 0 Å². The van der Waals surface area contributed by atoms with Crippen LogP contribution in [0.5, 0.6) is 0 Å².